The number of fused-ring (bicyclic) bond motifs is 2. The van der Waals surface area contributed by atoms with Gasteiger partial charge in [-0.2, -0.15) is 0 Å². The third-order valence-corrected chi connectivity index (χ3v) is 4.23. The molecular formula is C10H14N4OS. The van der Waals surface area contributed by atoms with Gasteiger partial charge in [0.2, 0.25) is 0 Å². The van der Waals surface area contributed by atoms with E-state index in [4.69, 9.17) is 5.73 Å². The lowest BCUT2D eigenvalue weighted by atomic mass is 10.2. The average Bonchev–Trinajstić information content (AvgIpc) is 2.68. The van der Waals surface area contributed by atoms with Crippen molar-refractivity contribution in [3.8, 4) is 0 Å². The number of aromatic nitrogens is 1. The van der Waals surface area contributed by atoms with Crippen LogP contribution in [0.25, 0.3) is 0 Å². The molecule has 3 heterocycles. The second-order valence-electron chi connectivity index (χ2n) is 4.24. The van der Waals surface area contributed by atoms with E-state index in [1.165, 1.54) is 29.1 Å². The van der Waals surface area contributed by atoms with Gasteiger partial charge in [0, 0.05) is 24.5 Å². The molecule has 6 heteroatoms. The maximum atomic E-state index is 11.1. The zero-order valence-corrected chi connectivity index (χ0v) is 9.79. The highest BCUT2D eigenvalue weighted by molar-refractivity contribution is 7.13. The summed E-state index contributed by atoms with van der Waals surface area (Å²) in [5, 5.41) is 5.14. The van der Waals surface area contributed by atoms with Crippen LogP contribution in [-0.2, 0) is 13.1 Å². The van der Waals surface area contributed by atoms with Crippen LogP contribution in [0, 0.1) is 0 Å². The van der Waals surface area contributed by atoms with E-state index >= 15 is 0 Å². The third kappa shape index (κ3) is 1.63. The van der Waals surface area contributed by atoms with E-state index in [9.17, 15) is 4.79 Å². The molecular weight excluding hydrogens is 224 g/mol. The Morgan fingerprint density at radius 3 is 2.62 bits per heavy atom. The molecule has 1 fully saturated rings. The Bertz CT molecular complexity index is 399. The molecule has 2 aliphatic heterocycles. The standard InChI is InChI=1S/C10H14N4OS/c11-9(15)10-12-7-5-13-3-1-2-4-14(13)6-8(7)16-10/h1-6H2,(H2,11,15). The molecule has 0 unspecified atom stereocenters. The van der Waals surface area contributed by atoms with Crippen LogP contribution in [0.5, 0.6) is 0 Å². The fourth-order valence-corrected chi connectivity index (χ4v) is 3.24. The molecule has 0 saturated carbocycles. The monoisotopic (exact) mass is 238 g/mol. The van der Waals surface area contributed by atoms with Gasteiger partial charge in [-0.25, -0.2) is 15.0 Å². The SMILES string of the molecule is NC(=O)c1nc2c(s1)CN1CCCCN1C2. The lowest BCUT2D eigenvalue weighted by Crippen LogP contribution is -2.48. The van der Waals surface area contributed by atoms with E-state index < -0.39 is 5.91 Å². The summed E-state index contributed by atoms with van der Waals surface area (Å²) < 4.78 is 0. The van der Waals surface area contributed by atoms with Crippen LogP contribution < -0.4 is 5.73 Å². The van der Waals surface area contributed by atoms with Gasteiger partial charge in [-0.1, -0.05) is 0 Å². The molecule has 0 aliphatic carbocycles. The number of amides is 1. The van der Waals surface area contributed by atoms with E-state index in [0.717, 1.165) is 31.9 Å². The molecule has 1 aromatic rings. The molecule has 2 N–H and O–H groups in total. The molecule has 1 saturated heterocycles. The number of nitrogens with zero attached hydrogens (tertiary/aromatic N) is 3. The fraction of sp³-hybridized carbons (Fsp3) is 0.600. The Hall–Kier alpha value is -0.980. The van der Waals surface area contributed by atoms with Gasteiger partial charge in [-0.3, -0.25) is 4.79 Å². The number of hydrogen-bond donors (Lipinski definition) is 1. The number of carbonyl (C=O) groups excluding carboxylic acids is 1. The van der Waals surface area contributed by atoms with Crippen molar-refractivity contribution in [1.82, 2.24) is 15.0 Å². The smallest absolute Gasteiger partial charge is 0.277 e. The van der Waals surface area contributed by atoms with E-state index in [1.807, 2.05) is 0 Å². The predicted molar refractivity (Wildman–Crippen MR) is 60.7 cm³/mol. The minimum Gasteiger partial charge on any atom is -0.364 e. The number of thiazole rings is 1. The fourth-order valence-electron chi connectivity index (χ4n) is 2.30. The summed E-state index contributed by atoms with van der Waals surface area (Å²) in [6, 6.07) is 0. The van der Waals surface area contributed by atoms with Gasteiger partial charge >= 0.3 is 0 Å². The van der Waals surface area contributed by atoms with Crippen LogP contribution in [0.1, 0.15) is 33.2 Å². The molecule has 2 aliphatic rings. The summed E-state index contributed by atoms with van der Waals surface area (Å²) in [5.41, 5.74) is 6.29. The maximum Gasteiger partial charge on any atom is 0.277 e. The summed E-state index contributed by atoms with van der Waals surface area (Å²) in [6.07, 6.45) is 2.51. The van der Waals surface area contributed by atoms with Crippen LogP contribution in [0.2, 0.25) is 0 Å². The van der Waals surface area contributed by atoms with Crippen molar-refractivity contribution >= 4 is 17.2 Å². The normalized spacial score (nSPS) is 21.5. The van der Waals surface area contributed by atoms with E-state index in [-0.39, 0.29) is 0 Å². The molecule has 3 rings (SSSR count). The highest BCUT2D eigenvalue weighted by Crippen LogP contribution is 2.29. The lowest BCUT2D eigenvalue weighted by Gasteiger charge is -2.41. The Morgan fingerprint density at radius 2 is 1.94 bits per heavy atom. The first-order valence-electron chi connectivity index (χ1n) is 5.52. The summed E-state index contributed by atoms with van der Waals surface area (Å²) >= 11 is 1.45. The van der Waals surface area contributed by atoms with Gasteiger partial charge in [0.1, 0.15) is 0 Å². The molecule has 0 bridgehead atoms. The Balaban J connectivity index is 1.90. The number of hydrazine groups is 1. The molecule has 86 valence electrons. The van der Waals surface area contributed by atoms with E-state index in [0.29, 0.717) is 5.01 Å². The summed E-state index contributed by atoms with van der Waals surface area (Å²) in [6.45, 7) is 3.94. The first-order valence-corrected chi connectivity index (χ1v) is 6.34. The van der Waals surface area contributed by atoms with Crippen molar-refractivity contribution in [3.05, 3.63) is 15.6 Å². The number of nitrogens with two attached hydrogens (primary N) is 1. The van der Waals surface area contributed by atoms with Gasteiger partial charge < -0.3 is 5.73 Å². The summed E-state index contributed by atoms with van der Waals surface area (Å²) in [4.78, 5) is 16.6. The molecule has 5 nitrogen and oxygen atoms in total. The highest BCUT2D eigenvalue weighted by atomic mass is 32.1. The number of carbonyl (C=O) groups is 1. The average molecular weight is 238 g/mol. The van der Waals surface area contributed by atoms with Crippen LogP contribution in [0.4, 0.5) is 0 Å². The molecule has 1 amide bonds. The molecule has 0 radical (unpaired) electrons. The third-order valence-electron chi connectivity index (χ3n) is 3.13. The van der Waals surface area contributed by atoms with Crippen molar-refractivity contribution < 1.29 is 4.79 Å². The van der Waals surface area contributed by atoms with Gasteiger partial charge in [-0.05, 0) is 12.8 Å². The summed E-state index contributed by atoms with van der Waals surface area (Å²) in [7, 11) is 0. The van der Waals surface area contributed by atoms with Crippen molar-refractivity contribution in [2.45, 2.75) is 25.9 Å². The Labute approximate surface area is 97.8 Å². The van der Waals surface area contributed by atoms with Crippen molar-refractivity contribution in [2.24, 2.45) is 5.73 Å². The largest absolute Gasteiger partial charge is 0.364 e. The minimum absolute atomic E-state index is 0.410. The topological polar surface area (TPSA) is 62.5 Å². The minimum atomic E-state index is -0.410. The number of primary amides is 1. The zero-order chi connectivity index (χ0) is 11.1. The van der Waals surface area contributed by atoms with E-state index in [2.05, 4.69) is 15.0 Å². The first-order chi connectivity index (χ1) is 7.74. The van der Waals surface area contributed by atoms with Gasteiger partial charge in [0.15, 0.2) is 5.01 Å². The molecule has 1 aromatic heterocycles. The lowest BCUT2D eigenvalue weighted by molar-refractivity contribution is -0.0751. The van der Waals surface area contributed by atoms with Crippen LogP contribution >= 0.6 is 11.3 Å². The van der Waals surface area contributed by atoms with Crippen molar-refractivity contribution in [1.29, 1.82) is 0 Å². The van der Waals surface area contributed by atoms with Crippen LogP contribution in [0.3, 0.4) is 0 Å². The van der Waals surface area contributed by atoms with Gasteiger partial charge in [-0.15, -0.1) is 11.3 Å². The highest BCUT2D eigenvalue weighted by Gasteiger charge is 2.29. The second-order valence-corrected chi connectivity index (χ2v) is 5.32. The molecule has 0 spiro atoms. The van der Waals surface area contributed by atoms with Crippen molar-refractivity contribution in [2.75, 3.05) is 13.1 Å². The maximum absolute atomic E-state index is 11.1. The molecule has 0 atom stereocenters. The first kappa shape index (κ1) is 10.2. The van der Waals surface area contributed by atoms with Gasteiger partial charge in [0.05, 0.1) is 12.2 Å². The van der Waals surface area contributed by atoms with Crippen LogP contribution in [0.15, 0.2) is 0 Å². The quantitative estimate of drug-likeness (QED) is 0.777. The number of rotatable bonds is 1. The summed E-state index contributed by atoms with van der Waals surface area (Å²) in [5.74, 6) is -0.410. The predicted octanol–water partition coefficient (Wildman–Crippen LogP) is 0.568. The van der Waals surface area contributed by atoms with Gasteiger partial charge in [0.25, 0.3) is 5.91 Å². The Kier molecular flexibility index (Phi) is 2.42. The zero-order valence-electron chi connectivity index (χ0n) is 8.98. The van der Waals surface area contributed by atoms with Crippen LogP contribution in [-0.4, -0.2) is 34.0 Å². The molecule has 0 aromatic carbocycles. The van der Waals surface area contributed by atoms with Crippen molar-refractivity contribution in [3.63, 3.8) is 0 Å². The second kappa shape index (κ2) is 3.80. The van der Waals surface area contributed by atoms with E-state index in [1.54, 1.807) is 0 Å². The number of hydrogen-bond acceptors (Lipinski definition) is 5. The Morgan fingerprint density at radius 1 is 1.25 bits per heavy atom. The molecule has 16 heavy (non-hydrogen) atoms.